The van der Waals surface area contributed by atoms with Crippen LogP contribution in [0.3, 0.4) is 0 Å². The molecule has 5 rings (SSSR count). The lowest BCUT2D eigenvalue weighted by Crippen LogP contribution is -2.53. The summed E-state index contributed by atoms with van der Waals surface area (Å²) in [6.07, 6.45) is -0.572. The summed E-state index contributed by atoms with van der Waals surface area (Å²) in [5.74, 6) is -0.649. The van der Waals surface area contributed by atoms with Gasteiger partial charge in [0.2, 0.25) is 5.91 Å². The zero-order chi connectivity index (χ0) is 28.4. The van der Waals surface area contributed by atoms with Crippen molar-refractivity contribution in [2.75, 3.05) is 39.9 Å². The minimum Gasteiger partial charge on any atom is -0.484 e. The Kier molecular flexibility index (Phi) is 7.92. The molecular formula is C32H36FN3O4. The van der Waals surface area contributed by atoms with Crippen molar-refractivity contribution in [3.63, 3.8) is 0 Å². The molecule has 1 fully saturated rings. The molecule has 2 N–H and O–H groups in total. The average molecular weight is 546 g/mol. The minimum atomic E-state index is -0.599. The third-order valence-corrected chi connectivity index (χ3v) is 7.61. The first-order valence-corrected chi connectivity index (χ1v) is 13.7. The molecule has 0 radical (unpaired) electrons. The lowest BCUT2D eigenvalue weighted by atomic mass is 9.88. The summed E-state index contributed by atoms with van der Waals surface area (Å²) >= 11 is 0. The normalized spacial score (nSPS) is 19.0. The molecule has 2 heterocycles. The molecule has 0 aliphatic carbocycles. The van der Waals surface area contributed by atoms with Crippen LogP contribution in [0.4, 0.5) is 4.39 Å². The maximum absolute atomic E-state index is 13.6. The van der Waals surface area contributed by atoms with Gasteiger partial charge >= 0.3 is 0 Å². The van der Waals surface area contributed by atoms with Gasteiger partial charge in [0.25, 0.3) is 5.91 Å². The van der Waals surface area contributed by atoms with Gasteiger partial charge in [-0.3, -0.25) is 14.5 Å². The van der Waals surface area contributed by atoms with E-state index < -0.39 is 17.6 Å². The van der Waals surface area contributed by atoms with Crippen LogP contribution in [0.2, 0.25) is 0 Å². The van der Waals surface area contributed by atoms with E-state index >= 15 is 0 Å². The van der Waals surface area contributed by atoms with E-state index in [0.29, 0.717) is 24.5 Å². The van der Waals surface area contributed by atoms with Gasteiger partial charge in [0.15, 0.2) is 0 Å². The smallest absolute Gasteiger partial charge is 0.251 e. The van der Waals surface area contributed by atoms with E-state index in [4.69, 9.17) is 9.47 Å². The molecule has 210 valence electrons. The van der Waals surface area contributed by atoms with Gasteiger partial charge in [0.1, 0.15) is 23.6 Å². The summed E-state index contributed by atoms with van der Waals surface area (Å²) in [6, 6.07) is 17.5. The number of nitrogens with one attached hydrogen (secondary N) is 2. The molecule has 3 aromatic carbocycles. The van der Waals surface area contributed by atoms with Gasteiger partial charge in [-0.05, 0) is 79.4 Å². The monoisotopic (exact) mass is 545 g/mol. The molecule has 2 amide bonds. The number of hydrogen-bond acceptors (Lipinski definition) is 5. The highest BCUT2D eigenvalue weighted by Gasteiger charge is 2.40. The van der Waals surface area contributed by atoms with Crippen molar-refractivity contribution in [3.05, 3.63) is 88.7 Å². The van der Waals surface area contributed by atoms with Gasteiger partial charge in [-0.2, -0.15) is 0 Å². The van der Waals surface area contributed by atoms with Crippen LogP contribution in [-0.4, -0.2) is 62.1 Å². The maximum atomic E-state index is 13.6. The predicted octanol–water partition coefficient (Wildman–Crippen LogP) is 4.61. The van der Waals surface area contributed by atoms with Crippen LogP contribution < -0.4 is 15.4 Å². The van der Waals surface area contributed by atoms with Crippen molar-refractivity contribution in [1.82, 2.24) is 15.5 Å². The van der Waals surface area contributed by atoms with Crippen LogP contribution >= 0.6 is 0 Å². The Balaban J connectivity index is 1.41. The largest absolute Gasteiger partial charge is 0.484 e. The summed E-state index contributed by atoms with van der Waals surface area (Å²) < 4.78 is 25.2. The number of benzene rings is 3. The van der Waals surface area contributed by atoms with Crippen LogP contribution in [0.5, 0.6) is 5.75 Å². The van der Waals surface area contributed by atoms with Gasteiger partial charge in [-0.15, -0.1) is 0 Å². The Morgan fingerprint density at radius 2 is 1.75 bits per heavy atom. The summed E-state index contributed by atoms with van der Waals surface area (Å²) in [6.45, 7) is 9.94. The first kappa shape index (κ1) is 27.8. The highest BCUT2D eigenvalue weighted by Crippen LogP contribution is 2.47. The summed E-state index contributed by atoms with van der Waals surface area (Å²) in [7, 11) is 1.60. The fourth-order valence-electron chi connectivity index (χ4n) is 5.59. The Morgan fingerprint density at radius 1 is 1.02 bits per heavy atom. The minimum absolute atomic E-state index is 0.136. The molecular weight excluding hydrogens is 509 g/mol. The molecule has 2 atom stereocenters. The third kappa shape index (κ3) is 5.88. The van der Waals surface area contributed by atoms with E-state index in [9.17, 15) is 14.0 Å². The van der Waals surface area contributed by atoms with Crippen LogP contribution in [0.15, 0.2) is 60.7 Å². The topological polar surface area (TPSA) is 79.9 Å². The quantitative estimate of drug-likeness (QED) is 0.454. The van der Waals surface area contributed by atoms with Gasteiger partial charge in [0.05, 0.1) is 13.2 Å². The van der Waals surface area contributed by atoms with Gasteiger partial charge < -0.3 is 20.1 Å². The second-order valence-electron chi connectivity index (χ2n) is 11.2. The van der Waals surface area contributed by atoms with Gasteiger partial charge in [-0.25, -0.2) is 4.39 Å². The lowest BCUT2D eigenvalue weighted by Gasteiger charge is -2.35. The number of rotatable bonds is 7. The zero-order valence-corrected chi connectivity index (χ0v) is 23.4. The average Bonchev–Trinajstić information content (AvgIpc) is 3.32. The molecule has 7 nitrogen and oxygen atoms in total. The standard InChI is InChI=1S/C32H36FN3O4/c1-20-5-6-23(30(37)35-32(2,3)19-36-13-15-39-16-14-36)18-25(20)22-9-12-27-26(17-22)28(31(38)34-4)29(40-27)21-7-10-24(33)11-8-21/h5-12,17-18,28-29H,13-16,19H2,1-4H3,(H,34,38)(H,35,37). The van der Waals surface area contributed by atoms with Crippen molar-refractivity contribution >= 4 is 11.8 Å². The number of nitrogens with zero attached hydrogens (tertiary/aromatic N) is 1. The number of ether oxygens (including phenoxy) is 2. The number of amides is 2. The van der Waals surface area contributed by atoms with Gasteiger partial charge in [0, 0.05) is 43.3 Å². The van der Waals surface area contributed by atoms with Crippen molar-refractivity contribution in [2.45, 2.75) is 38.3 Å². The molecule has 1 saturated heterocycles. The SMILES string of the molecule is CNC(=O)C1c2cc(-c3cc(C(=O)NC(C)(C)CN4CCOCC4)ccc3C)ccc2OC1c1ccc(F)cc1. The molecule has 2 aliphatic heterocycles. The molecule has 2 unspecified atom stereocenters. The first-order valence-electron chi connectivity index (χ1n) is 13.7. The van der Waals surface area contributed by atoms with Crippen molar-refractivity contribution in [3.8, 4) is 16.9 Å². The molecule has 3 aromatic rings. The van der Waals surface area contributed by atoms with E-state index in [-0.39, 0.29) is 17.6 Å². The Bertz CT molecular complexity index is 1400. The highest BCUT2D eigenvalue weighted by molar-refractivity contribution is 5.96. The number of morpholine rings is 1. The number of likely N-dealkylation sites (N-methyl/N-ethyl adjacent to an activating group) is 1. The first-order chi connectivity index (χ1) is 19.1. The number of hydrogen-bond donors (Lipinski definition) is 2. The fraction of sp³-hybridized carbons (Fsp3) is 0.375. The number of carbonyl (C=O) groups is 2. The highest BCUT2D eigenvalue weighted by atomic mass is 19.1. The van der Waals surface area contributed by atoms with E-state index in [1.54, 1.807) is 19.2 Å². The van der Waals surface area contributed by atoms with E-state index in [1.807, 2.05) is 57.2 Å². The molecule has 40 heavy (non-hydrogen) atoms. The molecule has 0 spiro atoms. The second-order valence-corrected chi connectivity index (χ2v) is 11.2. The Morgan fingerprint density at radius 3 is 2.45 bits per heavy atom. The van der Waals surface area contributed by atoms with E-state index in [2.05, 4.69) is 15.5 Å². The summed E-state index contributed by atoms with van der Waals surface area (Å²) in [5, 5.41) is 5.94. The van der Waals surface area contributed by atoms with Crippen LogP contribution in [0.25, 0.3) is 11.1 Å². The maximum Gasteiger partial charge on any atom is 0.251 e. The lowest BCUT2D eigenvalue weighted by molar-refractivity contribution is -0.123. The van der Waals surface area contributed by atoms with Crippen LogP contribution in [-0.2, 0) is 9.53 Å². The Labute approximate surface area is 234 Å². The third-order valence-electron chi connectivity index (χ3n) is 7.61. The molecule has 0 bridgehead atoms. The summed E-state index contributed by atoms with van der Waals surface area (Å²) in [4.78, 5) is 28.7. The molecule has 0 aromatic heterocycles. The number of aryl methyl sites for hydroxylation is 1. The predicted molar refractivity (Wildman–Crippen MR) is 152 cm³/mol. The van der Waals surface area contributed by atoms with Crippen LogP contribution in [0, 0.1) is 12.7 Å². The Hall–Kier alpha value is -3.75. The molecule has 0 saturated carbocycles. The van der Waals surface area contributed by atoms with Crippen molar-refractivity contribution in [1.29, 1.82) is 0 Å². The number of halogens is 1. The molecule has 2 aliphatic rings. The fourth-order valence-corrected chi connectivity index (χ4v) is 5.59. The number of carbonyl (C=O) groups excluding carboxylic acids is 2. The zero-order valence-electron chi connectivity index (χ0n) is 23.4. The van der Waals surface area contributed by atoms with Crippen molar-refractivity contribution < 1.29 is 23.5 Å². The summed E-state index contributed by atoms with van der Waals surface area (Å²) in [5.41, 5.74) is 4.43. The van der Waals surface area contributed by atoms with E-state index in [0.717, 1.165) is 47.5 Å². The second kappa shape index (κ2) is 11.4. The van der Waals surface area contributed by atoms with E-state index in [1.165, 1.54) is 12.1 Å². The molecule has 8 heteroatoms. The van der Waals surface area contributed by atoms with Gasteiger partial charge in [-0.1, -0.05) is 24.3 Å². The van der Waals surface area contributed by atoms with Crippen molar-refractivity contribution in [2.24, 2.45) is 0 Å². The number of fused-ring (bicyclic) bond motifs is 1. The van der Waals surface area contributed by atoms with Crippen LogP contribution in [0.1, 0.15) is 52.9 Å².